The minimum Gasteiger partial charge on any atom is -0.272 e. The van der Waals surface area contributed by atoms with Gasteiger partial charge in [-0.15, -0.1) is 0 Å². The van der Waals surface area contributed by atoms with Crippen LogP contribution in [0, 0.1) is 11.8 Å². The number of nitrogens with zero attached hydrogens (tertiary/aromatic N) is 4. The molecular formula is C16H20N4. The van der Waals surface area contributed by atoms with Crippen molar-refractivity contribution in [2.75, 3.05) is 0 Å². The molecule has 4 heteroatoms. The summed E-state index contributed by atoms with van der Waals surface area (Å²) in [6.45, 7) is 2.23. The summed E-state index contributed by atoms with van der Waals surface area (Å²) in [4.78, 5) is 0. The van der Waals surface area contributed by atoms with Crippen LogP contribution < -0.4 is 0 Å². The third-order valence-electron chi connectivity index (χ3n) is 4.85. The van der Waals surface area contributed by atoms with E-state index in [0.717, 1.165) is 37.8 Å². The zero-order valence-corrected chi connectivity index (χ0v) is 11.8. The van der Waals surface area contributed by atoms with Crippen molar-refractivity contribution >= 4 is 0 Å². The van der Waals surface area contributed by atoms with Gasteiger partial charge in [0.2, 0.25) is 0 Å². The van der Waals surface area contributed by atoms with Crippen LogP contribution in [0.1, 0.15) is 48.2 Å². The van der Waals surface area contributed by atoms with Gasteiger partial charge in [-0.2, -0.15) is 10.2 Å². The van der Waals surface area contributed by atoms with Crippen molar-refractivity contribution in [3.63, 3.8) is 0 Å². The van der Waals surface area contributed by atoms with Gasteiger partial charge in [-0.1, -0.05) is 0 Å². The van der Waals surface area contributed by atoms with Crippen LogP contribution in [0.4, 0.5) is 0 Å². The Morgan fingerprint density at radius 2 is 1.25 bits per heavy atom. The molecule has 3 aliphatic rings. The number of rotatable bonds is 4. The van der Waals surface area contributed by atoms with Crippen LogP contribution in [0.3, 0.4) is 0 Å². The summed E-state index contributed by atoms with van der Waals surface area (Å²) < 4.78 is 4.35. The lowest BCUT2D eigenvalue weighted by molar-refractivity contribution is 0.556. The summed E-state index contributed by atoms with van der Waals surface area (Å²) in [7, 11) is 0. The van der Waals surface area contributed by atoms with E-state index in [1.807, 2.05) is 0 Å². The van der Waals surface area contributed by atoms with E-state index >= 15 is 0 Å². The predicted molar refractivity (Wildman–Crippen MR) is 75.5 cm³/mol. The van der Waals surface area contributed by atoms with Crippen molar-refractivity contribution in [2.24, 2.45) is 11.8 Å². The van der Waals surface area contributed by atoms with Crippen LogP contribution in [-0.4, -0.2) is 19.6 Å². The molecule has 0 bridgehead atoms. The average molecular weight is 268 g/mol. The monoisotopic (exact) mass is 268 g/mol. The van der Waals surface area contributed by atoms with Gasteiger partial charge in [0.25, 0.3) is 0 Å². The fourth-order valence-electron chi connectivity index (χ4n) is 3.28. The van der Waals surface area contributed by atoms with Gasteiger partial charge in [0, 0.05) is 38.3 Å². The van der Waals surface area contributed by atoms with Crippen molar-refractivity contribution in [3.8, 4) is 0 Å². The van der Waals surface area contributed by atoms with Crippen molar-refractivity contribution < 1.29 is 0 Å². The molecule has 0 N–H and O–H groups in total. The minimum absolute atomic E-state index is 0.890. The van der Waals surface area contributed by atoms with E-state index in [0.29, 0.717) is 0 Å². The van der Waals surface area contributed by atoms with E-state index in [1.165, 1.54) is 48.2 Å². The molecule has 2 fully saturated rings. The molecule has 0 radical (unpaired) electrons. The van der Waals surface area contributed by atoms with Crippen LogP contribution >= 0.6 is 0 Å². The van der Waals surface area contributed by atoms with E-state index < -0.39 is 0 Å². The number of aromatic nitrogens is 4. The second-order valence-electron chi connectivity index (χ2n) is 6.89. The smallest absolute Gasteiger partial charge is 0.0705 e. The lowest BCUT2D eigenvalue weighted by atomic mass is 9.97. The van der Waals surface area contributed by atoms with E-state index in [9.17, 15) is 0 Å². The highest BCUT2D eigenvalue weighted by molar-refractivity contribution is 5.37. The molecule has 0 aromatic carbocycles. The second-order valence-corrected chi connectivity index (χ2v) is 6.89. The molecule has 0 atom stereocenters. The van der Waals surface area contributed by atoms with Gasteiger partial charge in [-0.3, -0.25) is 9.36 Å². The molecule has 2 aromatic heterocycles. The molecule has 0 aliphatic heterocycles. The fourth-order valence-corrected chi connectivity index (χ4v) is 3.28. The Morgan fingerprint density at radius 1 is 0.800 bits per heavy atom. The van der Waals surface area contributed by atoms with E-state index in [-0.39, 0.29) is 0 Å². The van der Waals surface area contributed by atoms with Crippen molar-refractivity contribution in [1.29, 1.82) is 0 Å². The molecule has 0 saturated heterocycles. The number of hydrogen-bond acceptors (Lipinski definition) is 2. The first kappa shape index (κ1) is 11.1. The Bertz CT molecular complexity index is 561. The molecule has 20 heavy (non-hydrogen) atoms. The molecule has 2 saturated carbocycles. The van der Waals surface area contributed by atoms with E-state index in [1.54, 1.807) is 0 Å². The number of fused-ring (bicyclic) bond motifs is 2. The molecular weight excluding hydrogens is 248 g/mol. The Balaban J connectivity index is 1.39. The summed E-state index contributed by atoms with van der Waals surface area (Å²) >= 11 is 0. The maximum absolute atomic E-state index is 4.79. The van der Waals surface area contributed by atoms with E-state index in [2.05, 4.69) is 21.8 Å². The Hall–Kier alpha value is -1.58. The summed E-state index contributed by atoms with van der Waals surface area (Å²) in [5, 5.41) is 9.58. The van der Waals surface area contributed by atoms with Crippen molar-refractivity contribution in [1.82, 2.24) is 19.6 Å². The van der Waals surface area contributed by atoms with Gasteiger partial charge in [0.1, 0.15) is 0 Å². The quantitative estimate of drug-likeness (QED) is 0.728. The predicted octanol–water partition coefficient (Wildman–Crippen LogP) is 2.39. The Kier molecular flexibility index (Phi) is 2.20. The molecule has 2 aromatic rings. The van der Waals surface area contributed by atoms with Crippen molar-refractivity contribution in [2.45, 2.75) is 51.6 Å². The largest absolute Gasteiger partial charge is 0.272 e. The highest BCUT2D eigenvalue weighted by Crippen LogP contribution is 2.33. The molecule has 3 aliphatic carbocycles. The summed E-state index contributed by atoms with van der Waals surface area (Å²) in [5.74, 6) is 1.78. The zero-order valence-electron chi connectivity index (χ0n) is 11.8. The average Bonchev–Trinajstić information content (AvgIpc) is 3.30. The highest BCUT2D eigenvalue weighted by atomic mass is 15.3. The third-order valence-corrected chi connectivity index (χ3v) is 4.85. The fraction of sp³-hybridized carbons (Fsp3) is 0.625. The topological polar surface area (TPSA) is 35.6 Å². The van der Waals surface area contributed by atoms with Gasteiger partial charge in [-0.25, -0.2) is 0 Å². The summed E-state index contributed by atoms with van der Waals surface area (Å²) in [6, 6.07) is 0. The van der Waals surface area contributed by atoms with Crippen LogP contribution in [0.25, 0.3) is 0 Å². The van der Waals surface area contributed by atoms with Crippen LogP contribution in [0.2, 0.25) is 0 Å². The Morgan fingerprint density at radius 3 is 1.65 bits per heavy atom. The van der Waals surface area contributed by atoms with Gasteiger partial charge >= 0.3 is 0 Å². The first-order valence-electron chi connectivity index (χ1n) is 7.94. The molecule has 5 rings (SSSR count). The maximum Gasteiger partial charge on any atom is 0.0705 e. The van der Waals surface area contributed by atoms with Gasteiger partial charge in [0.15, 0.2) is 0 Å². The van der Waals surface area contributed by atoms with Crippen LogP contribution in [0.5, 0.6) is 0 Å². The summed E-state index contributed by atoms with van der Waals surface area (Å²) in [5.41, 5.74) is 5.36. The first-order chi connectivity index (χ1) is 9.83. The standard InChI is InChI=1S/C16H20N4/c1-2-11(1)7-19-9-13-5-16-14(6-15(13)17-19)10-20(18-16)8-12-3-4-12/h9-12H,1-8H2. The zero-order chi connectivity index (χ0) is 13.1. The summed E-state index contributed by atoms with van der Waals surface area (Å²) in [6.07, 6.45) is 12.0. The minimum atomic E-state index is 0.890. The van der Waals surface area contributed by atoms with E-state index in [4.69, 9.17) is 10.2 Å². The molecule has 0 spiro atoms. The molecule has 0 amide bonds. The molecule has 2 heterocycles. The molecule has 0 unspecified atom stereocenters. The van der Waals surface area contributed by atoms with Gasteiger partial charge < -0.3 is 0 Å². The van der Waals surface area contributed by atoms with Crippen LogP contribution in [-0.2, 0) is 25.9 Å². The molecule has 4 nitrogen and oxygen atoms in total. The lowest BCUT2D eigenvalue weighted by Crippen LogP contribution is -2.05. The maximum atomic E-state index is 4.79. The van der Waals surface area contributed by atoms with Gasteiger partial charge in [0.05, 0.1) is 11.4 Å². The second kappa shape index (κ2) is 3.96. The SMILES string of the molecule is c1c2c(nn1CC1CC1)Cc1cn(CC3CC3)nc1C2. The van der Waals surface area contributed by atoms with Crippen molar-refractivity contribution in [3.05, 3.63) is 34.9 Å². The first-order valence-corrected chi connectivity index (χ1v) is 7.94. The molecule has 104 valence electrons. The Labute approximate surface area is 118 Å². The normalized spacial score (nSPS) is 20.8. The van der Waals surface area contributed by atoms with Gasteiger partial charge in [-0.05, 0) is 48.6 Å². The highest BCUT2D eigenvalue weighted by Gasteiger charge is 2.27. The third kappa shape index (κ3) is 1.98. The lowest BCUT2D eigenvalue weighted by Gasteiger charge is -2.07. The number of hydrogen-bond donors (Lipinski definition) is 0. The van der Waals surface area contributed by atoms with Crippen LogP contribution in [0.15, 0.2) is 12.4 Å².